The van der Waals surface area contributed by atoms with E-state index in [-0.39, 0.29) is 24.5 Å². The van der Waals surface area contributed by atoms with Gasteiger partial charge in [0.15, 0.2) is 16.3 Å². The van der Waals surface area contributed by atoms with Crippen molar-refractivity contribution in [2.24, 2.45) is 4.99 Å². The molecule has 226 valence electrons. The molecular weight excluding hydrogens is 608 g/mol. The minimum atomic E-state index is -0.801. The van der Waals surface area contributed by atoms with Crippen LogP contribution in [0.5, 0.6) is 11.5 Å². The highest BCUT2D eigenvalue weighted by Gasteiger charge is 2.35. The van der Waals surface area contributed by atoms with E-state index in [1.165, 1.54) is 23.0 Å². The summed E-state index contributed by atoms with van der Waals surface area (Å²) in [5, 5.41) is 0.419. The number of carbonyl (C=O) groups excluding carboxylic acids is 2. The number of nitrogens with zero attached hydrogens (tertiary/aromatic N) is 2. The number of hydrogen-bond acceptors (Lipinski definition) is 10. The summed E-state index contributed by atoms with van der Waals surface area (Å²) < 4.78 is 29.4. The van der Waals surface area contributed by atoms with E-state index in [0.717, 1.165) is 6.42 Å². The van der Waals surface area contributed by atoms with Crippen molar-refractivity contribution < 1.29 is 33.0 Å². The number of aromatic nitrogens is 1. The fraction of sp³-hybridized carbons (Fsp3) is 0.250. The molecule has 0 saturated heterocycles. The summed E-state index contributed by atoms with van der Waals surface area (Å²) in [5.41, 5.74) is 1.92. The molecule has 4 aromatic rings. The lowest BCUT2D eigenvalue weighted by Crippen LogP contribution is -2.40. The van der Waals surface area contributed by atoms with E-state index in [2.05, 4.69) is 0 Å². The first kappa shape index (κ1) is 29.5. The van der Waals surface area contributed by atoms with Crippen molar-refractivity contribution in [3.8, 4) is 22.8 Å². The summed E-state index contributed by atoms with van der Waals surface area (Å²) in [6.45, 7) is 3.99. The summed E-state index contributed by atoms with van der Waals surface area (Å²) in [6.07, 6.45) is 2.86. The molecule has 4 heterocycles. The fourth-order valence-corrected chi connectivity index (χ4v) is 6.40. The molecule has 0 N–H and O–H groups in total. The Balaban J connectivity index is 1.50. The van der Waals surface area contributed by atoms with Gasteiger partial charge in [0.1, 0.15) is 11.5 Å². The van der Waals surface area contributed by atoms with Crippen LogP contribution in [0, 0.1) is 0 Å². The summed E-state index contributed by atoms with van der Waals surface area (Å²) in [5.74, 6) is 0.790. The molecule has 6 rings (SSSR count). The highest BCUT2D eigenvalue weighted by molar-refractivity contribution is 7.07. The number of carbonyl (C=O) groups is 2. The van der Waals surface area contributed by atoms with Crippen LogP contribution in [-0.2, 0) is 14.3 Å². The van der Waals surface area contributed by atoms with Crippen LogP contribution in [0.1, 0.15) is 54.4 Å². The number of ether oxygens (including phenoxy) is 4. The average molecular weight is 635 g/mol. The van der Waals surface area contributed by atoms with Gasteiger partial charge in [0.25, 0.3) is 5.56 Å². The molecule has 0 aliphatic carbocycles. The third-order valence-corrected chi connectivity index (χ3v) is 8.38. The van der Waals surface area contributed by atoms with Gasteiger partial charge in [0.2, 0.25) is 6.79 Å². The predicted molar refractivity (Wildman–Crippen MR) is 163 cm³/mol. The zero-order chi connectivity index (χ0) is 31.0. The van der Waals surface area contributed by atoms with Crippen LogP contribution in [0.2, 0.25) is 5.02 Å². The minimum absolute atomic E-state index is 0.0879. The number of methoxy groups -OCH3 is 1. The molecule has 2 aliphatic heterocycles. The molecule has 0 amide bonds. The van der Waals surface area contributed by atoms with E-state index in [1.807, 2.05) is 13.0 Å². The predicted octanol–water partition coefficient (Wildman–Crippen LogP) is 5.01. The Labute approximate surface area is 260 Å². The van der Waals surface area contributed by atoms with Gasteiger partial charge in [-0.3, -0.25) is 9.36 Å². The second-order valence-electron chi connectivity index (χ2n) is 9.91. The van der Waals surface area contributed by atoms with Gasteiger partial charge in [-0.15, -0.1) is 0 Å². The van der Waals surface area contributed by atoms with Crippen molar-refractivity contribution in [2.45, 2.75) is 32.7 Å². The normalized spacial score (nSPS) is 15.6. The Kier molecular flexibility index (Phi) is 8.15. The van der Waals surface area contributed by atoms with E-state index in [0.29, 0.717) is 66.2 Å². The average Bonchev–Trinajstić information content (AvgIpc) is 3.75. The number of rotatable bonds is 8. The first-order chi connectivity index (χ1) is 21.3. The summed E-state index contributed by atoms with van der Waals surface area (Å²) in [6, 6.07) is 12.7. The van der Waals surface area contributed by atoms with Crippen molar-refractivity contribution in [3.63, 3.8) is 0 Å². The topological polar surface area (TPSA) is 119 Å². The van der Waals surface area contributed by atoms with Crippen molar-refractivity contribution in [2.75, 3.05) is 20.5 Å². The smallest absolute Gasteiger partial charge is 0.338 e. The van der Waals surface area contributed by atoms with Crippen LogP contribution < -0.4 is 24.4 Å². The third kappa shape index (κ3) is 5.33. The van der Waals surface area contributed by atoms with E-state index in [4.69, 9.17) is 40.0 Å². The van der Waals surface area contributed by atoms with Crippen molar-refractivity contribution in [1.82, 2.24) is 4.57 Å². The van der Waals surface area contributed by atoms with Crippen molar-refractivity contribution >= 4 is 41.0 Å². The summed E-state index contributed by atoms with van der Waals surface area (Å²) >= 11 is 7.39. The van der Waals surface area contributed by atoms with E-state index >= 15 is 0 Å². The molecular formula is C32H27ClN2O8S. The number of hydrogen-bond donors (Lipinski definition) is 0. The number of furan rings is 1. The maximum Gasteiger partial charge on any atom is 0.338 e. The zero-order valence-electron chi connectivity index (χ0n) is 24.0. The van der Waals surface area contributed by atoms with Gasteiger partial charge in [0.05, 0.1) is 41.1 Å². The molecule has 0 radical (unpaired) electrons. The van der Waals surface area contributed by atoms with Crippen molar-refractivity contribution in [3.05, 3.63) is 101 Å². The number of thiazole rings is 1. The number of halogens is 1. The fourth-order valence-electron chi connectivity index (χ4n) is 5.23. The summed E-state index contributed by atoms with van der Waals surface area (Å²) in [7, 11) is 1.30. The van der Waals surface area contributed by atoms with Crippen molar-refractivity contribution in [1.29, 1.82) is 0 Å². The van der Waals surface area contributed by atoms with Crippen LogP contribution in [-0.4, -0.2) is 37.0 Å². The Morgan fingerprint density at radius 1 is 1.09 bits per heavy atom. The molecule has 0 spiro atoms. The molecule has 12 heteroatoms. The molecule has 10 nitrogen and oxygen atoms in total. The van der Waals surface area contributed by atoms with Gasteiger partial charge in [-0.2, -0.15) is 0 Å². The number of esters is 2. The molecule has 2 aliphatic rings. The second-order valence-corrected chi connectivity index (χ2v) is 11.4. The van der Waals surface area contributed by atoms with E-state index < -0.39 is 18.0 Å². The van der Waals surface area contributed by atoms with Crippen LogP contribution in [0.4, 0.5) is 0 Å². The zero-order valence-corrected chi connectivity index (χ0v) is 25.6. The molecule has 0 saturated carbocycles. The Morgan fingerprint density at radius 2 is 1.91 bits per heavy atom. The Bertz CT molecular complexity index is 2000. The van der Waals surface area contributed by atoms with Gasteiger partial charge in [-0.05, 0) is 61.4 Å². The van der Waals surface area contributed by atoms with Gasteiger partial charge >= 0.3 is 11.9 Å². The number of benzene rings is 2. The van der Waals surface area contributed by atoms with Gasteiger partial charge in [-0.1, -0.05) is 42.3 Å². The first-order valence-electron chi connectivity index (χ1n) is 13.9. The molecule has 1 atom stereocenters. The minimum Gasteiger partial charge on any atom is -0.465 e. The van der Waals surface area contributed by atoms with E-state index in [1.54, 1.807) is 55.5 Å². The lowest BCUT2D eigenvalue weighted by atomic mass is 9.94. The maximum atomic E-state index is 14.1. The van der Waals surface area contributed by atoms with Crippen LogP contribution in [0.25, 0.3) is 17.4 Å². The highest BCUT2D eigenvalue weighted by Crippen LogP contribution is 2.39. The first-order valence-corrected chi connectivity index (χ1v) is 15.1. The summed E-state index contributed by atoms with van der Waals surface area (Å²) in [4.78, 5) is 45.0. The Morgan fingerprint density at radius 3 is 2.68 bits per heavy atom. The molecule has 44 heavy (non-hydrogen) atoms. The van der Waals surface area contributed by atoms with Crippen LogP contribution in [0.15, 0.2) is 74.0 Å². The molecule has 2 aromatic carbocycles. The molecule has 0 fully saturated rings. The lowest BCUT2D eigenvalue weighted by molar-refractivity contribution is -0.139. The monoisotopic (exact) mass is 634 g/mol. The highest BCUT2D eigenvalue weighted by atomic mass is 35.5. The molecule has 0 bridgehead atoms. The third-order valence-electron chi connectivity index (χ3n) is 7.16. The molecule has 0 unspecified atom stereocenters. The van der Waals surface area contributed by atoms with Gasteiger partial charge in [0, 0.05) is 16.7 Å². The SMILES string of the molecule is CCCC1=C(C(=O)OCC)[C@@H](c2ccc3c(c2)OCO3)n2c(s/c(=C/c3ccc(-c4cc(Cl)ccc4C(=O)OC)o3)c2=O)=N1. The largest absolute Gasteiger partial charge is 0.465 e. The van der Waals surface area contributed by atoms with Crippen LogP contribution >= 0.6 is 22.9 Å². The van der Waals surface area contributed by atoms with Crippen LogP contribution in [0.3, 0.4) is 0 Å². The molecule has 2 aromatic heterocycles. The van der Waals surface area contributed by atoms with Gasteiger partial charge < -0.3 is 23.4 Å². The Hall–Kier alpha value is -4.61. The van der Waals surface area contributed by atoms with E-state index in [9.17, 15) is 14.4 Å². The maximum absolute atomic E-state index is 14.1. The standard InChI is InChI=1S/C32H27ClN2O8S/c1-4-6-22-27(31(38)40-5-2)28(17-7-11-24-25(13-17)42-16-41-24)35-29(36)26(44-32(35)34-22)15-19-9-12-23(43-19)21-14-18(33)8-10-20(21)30(37)39-3/h7-15,28H,4-6,16H2,1-3H3/b26-15+/t28-/m1/s1. The lowest BCUT2D eigenvalue weighted by Gasteiger charge is -2.25. The van der Waals surface area contributed by atoms with Gasteiger partial charge in [-0.25, -0.2) is 14.6 Å². The second kappa shape index (κ2) is 12.2. The number of allylic oxidation sites excluding steroid dienone is 1. The number of fused-ring (bicyclic) bond motifs is 2. The quantitative estimate of drug-likeness (QED) is 0.248.